The molecule has 0 spiro atoms. The van der Waals surface area contributed by atoms with E-state index in [0.717, 1.165) is 30.6 Å². The smallest absolute Gasteiger partial charge is 0.269 e. The van der Waals surface area contributed by atoms with Gasteiger partial charge in [0.25, 0.3) is 5.91 Å². The van der Waals surface area contributed by atoms with E-state index in [9.17, 15) is 4.79 Å². The number of nitrogens with zero attached hydrogens (tertiary/aromatic N) is 3. The van der Waals surface area contributed by atoms with Crippen molar-refractivity contribution < 1.29 is 9.53 Å². The lowest BCUT2D eigenvalue weighted by molar-refractivity contribution is 0.0823. The topological polar surface area (TPSA) is 83.1 Å². The molecule has 1 aliphatic heterocycles. The number of hydrogen-bond acceptors (Lipinski definition) is 5. The van der Waals surface area contributed by atoms with Crippen molar-refractivity contribution in [1.82, 2.24) is 25.2 Å². The van der Waals surface area contributed by atoms with Crippen LogP contribution in [0.4, 0.5) is 0 Å². The summed E-state index contributed by atoms with van der Waals surface area (Å²) in [6, 6.07) is 5.62. The summed E-state index contributed by atoms with van der Waals surface area (Å²) in [6.07, 6.45) is 4.50. The number of nitrogens with one attached hydrogen (secondary N) is 2. The van der Waals surface area contributed by atoms with Crippen molar-refractivity contribution in [2.45, 2.75) is 25.8 Å². The third-order valence-corrected chi connectivity index (χ3v) is 4.92. The summed E-state index contributed by atoms with van der Waals surface area (Å²) in [5.41, 5.74) is 3.44. The number of fused-ring (bicyclic) bond motifs is 2. The average Bonchev–Trinajstić information content (AvgIpc) is 3.12. The summed E-state index contributed by atoms with van der Waals surface area (Å²) >= 11 is 0. The quantitative estimate of drug-likeness (QED) is 0.742. The molecular weight excluding hydrogens is 342 g/mol. The standard InChI is InChI=1S/C20H23N5O2/c1-4-12-9-21-10-13-7-14(11-23-18(12)13)27-17-5-6-22-19-15(17)8-16(24-19)20(26)25(2)3/h5-8,11-12,21H,4,9-10H2,1-3H3,(H,22,24). The van der Waals surface area contributed by atoms with Gasteiger partial charge in [-0.3, -0.25) is 9.78 Å². The SMILES string of the molecule is CCC1CNCc2cc(Oc3ccnc4[nH]c(C(=O)N(C)C)cc34)cnc21. The van der Waals surface area contributed by atoms with Crippen molar-refractivity contribution in [3.63, 3.8) is 0 Å². The fourth-order valence-corrected chi connectivity index (χ4v) is 3.45. The number of aromatic amines is 1. The summed E-state index contributed by atoms with van der Waals surface area (Å²) < 4.78 is 6.10. The van der Waals surface area contributed by atoms with Crippen LogP contribution in [0.25, 0.3) is 11.0 Å². The van der Waals surface area contributed by atoms with Gasteiger partial charge in [-0.1, -0.05) is 6.92 Å². The maximum Gasteiger partial charge on any atom is 0.269 e. The summed E-state index contributed by atoms with van der Waals surface area (Å²) in [5.74, 6) is 1.67. The Balaban J connectivity index is 1.67. The van der Waals surface area contributed by atoms with E-state index in [-0.39, 0.29) is 5.91 Å². The predicted octanol–water partition coefficient (Wildman–Crippen LogP) is 3.05. The van der Waals surface area contributed by atoms with Crippen LogP contribution in [0.2, 0.25) is 0 Å². The van der Waals surface area contributed by atoms with Crippen LogP contribution in [-0.4, -0.2) is 46.4 Å². The number of hydrogen-bond donors (Lipinski definition) is 2. The Bertz CT molecular complexity index is 995. The molecule has 0 fully saturated rings. The Hall–Kier alpha value is -2.93. The van der Waals surface area contributed by atoms with E-state index in [2.05, 4.69) is 27.2 Å². The summed E-state index contributed by atoms with van der Waals surface area (Å²) in [5, 5.41) is 4.20. The van der Waals surface area contributed by atoms with Gasteiger partial charge in [0.2, 0.25) is 0 Å². The van der Waals surface area contributed by atoms with Crippen LogP contribution < -0.4 is 10.1 Å². The van der Waals surface area contributed by atoms with E-state index >= 15 is 0 Å². The highest BCUT2D eigenvalue weighted by Gasteiger charge is 2.21. The second-order valence-electron chi connectivity index (χ2n) is 7.01. The lowest BCUT2D eigenvalue weighted by Gasteiger charge is -2.24. The molecule has 1 unspecified atom stereocenters. The van der Waals surface area contributed by atoms with Crippen molar-refractivity contribution in [1.29, 1.82) is 0 Å². The zero-order valence-corrected chi connectivity index (χ0v) is 15.7. The first-order valence-corrected chi connectivity index (χ1v) is 9.13. The molecule has 0 bridgehead atoms. The van der Waals surface area contributed by atoms with Gasteiger partial charge in [0.05, 0.1) is 11.6 Å². The minimum absolute atomic E-state index is 0.105. The number of ether oxygens (including phenoxy) is 1. The van der Waals surface area contributed by atoms with Crippen LogP contribution in [0.5, 0.6) is 11.5 Å². The van der Waals surface area contributed by atoms with Gasteiger partial charge in [0.1, 0.15) is 22.8 Å². The molecule has 140 valence electrons. The van der Waals surface area contributed by atoms with Crippen LogP contribution >= 0.6 is 0 Å². The number of H-pyrrole nitrogens is 1. The molecule has 1 atom stereocenters. The Labute approximate surface area is 157 Å². The lowest BCUT2D eigenvalue weighted by atomic mass is 9.94. The summed E-state index contributed by atoms with van der Waals surface area (Å²) in [4.78, 5) is 25.8. The second kappa shape index (κ2) is 7.00. The molecule has 3 aromatic rings. The van der Waals surface area contributed by atoms with Crippen LogP contribution in [0.15, 0.2) is 30.6 Å². The number of rotatable bonds is 4. The molecule has 3 aromatic heterocycles. The van der Waals surface area contributed by atoms with Crippen molar-refractivity contribution in [3.8, 4) is 11.5 Å². The van der Waals surface area contributed by atoms with E-state index < -0.39 is 0 Å². The number of pyridine rings is 2. The van der Waals surface area contributed by atoms with Crippen LogP contribution in [0.1, 0.15) is 41.0 Å². The number of carbonyl (C=O) groups is 1. The zero-order valence-electron chi connectivity index (χ0n) is 15.7. The van der Waals surface area contributed by atoms with Crippen molar-refractivity contribution in [2.75, 3.05) is 20.6 Å². The van der Waals surface area contributed by atoms with Gasteiger partial charge in [0, 0.05) is 45.0 Å². The molecule has 7 nitrogen and oxygen atoms in total. The van der Waals surface area contributed by atoms with E-state index in [1.165, 1.54) is 10.5 Å². The molecule has 2 N–H and O–H groups in total. The Kier molecular flexibility index (Phi) is 4.53. The lowest BCUT2D eigenvalue weighted by Crippen LogP contribution is -2.28. The van der Waals surface area contributed by atoms with Crippen LogP contribution in [0.3, 0.4) is 0 Å². The van der Waals surface area contributed by atoms with Gasteiger partial charge in [-0.25, -0.2) is 4.98 Å². The molecule has 4 heterocycles. The summed E-state index contributed by atoms with van der Waals surface area (Å²) in [7, 11) is 3.43. The zero-order chi connectivity index (χ0) is 19.0. The molecule has 0 radical (unpaired) electrons. The maximum atomic E-state index is 12.2. The highest BCUT2D eigenvalue weighted by atomic mass is 16.5. The molecule has 7 heteroatoms. The van der Waals surface area contributed by atoms with E-state index in [1.807, 2.05) is 6.07 Å². The fourth-order valence-electron chi connectivity index (χ4n) is 3.45. The monoisotopic (exact) mass is 365 g/mol. The molecule has 0 saturated heterocycles. The first-order valence-electron chi connectivity index (χ1n) is 9.13. The largest absolute Gasteiger partial charge is 0.455 e. The van der Waals surface area contributed by atoms with Gasteiger partial charge in [-0.15, -0.1) is 0 Å². The second-order valence-corrected chi connectivity index (χ2v) is 7.01. The molecule has 0 aromatic carbocycles. The third kappa shape index (κ3) is 3.26. The molecule has 1 amide bonds. The van der Waals surface area contributed by atoms with Crippen LogP contribution in [-0.2, 0) is 6.54 Å². The van der Waals surface area contributed by atoms with Crippen molar-refractivity contribution in [3.05, 3.63) is 47.5 Å². The number of carbonyl (C=O) groups excluding carboxylic acids is 1. The predicted molar refractivity (Wildman–Crippen MR) is 103 cm³/mol. The Morgan fingerprint density at radius 2 is 2.19 bits per heavy atom. The molecule has 1 aliphatic rings. The highest BCUT2D eigenvalue weighted by molar-refractivity contribution is 5.98. The van der Waals surface area contributed by atoms with Crippen LogP contribution in [0, 0.1) is 0 Å². The van der Waals surface area contributed by atoms with Gasteiger partial charge in [0.15, 0.2) is 0 Å². The molecule has 0 aliphatic carbocycles. The van der Waals surface area contributed by atoms with Gasteiger partial charge in [-0.2, -0.15) is 0 Å². The summed E-state index contributed by atoms with van der Waals surface area (Å²) in [6.45, 7) is 3.95. The Morgan fingerprint density at radius 3 is 2.96 bits per heavy atom. The minimum Gasteiger partial charge on any atom is -0.455 e. The number of amides is 1. The third-order valence-electron chi connectivity index (χ3n) is 4.92. The molecule has 0 saturated carbocycles. The van der Waals surface area contributed by atoms with E-state index in [4.69, 9.17) is 4.74 Å². The molecule has 27 heavy (non-hydrogen) atoms. The number of aromatic nitrogens is 3. The Morgan fingerprint density at radius 1 is 1.33 bits per heavy atom. The van der Waals surface area contributed by atoms with Crippen molar-refractivity contribution >= 4 is 16.9 Å². The van der Waals surface area contributed by atoms with E-state index in [1.54, 1.807) is 38.6 Å². The van der Waals surface area contributed by atoms with E-state index in [0.29, 0.717) is 28.8 Å². The molecule has 4 rings (SSSR count). The minimum atomic E-state index is -0.105. The normalized spacial score (nSPS) is 16.2. The average molecular weight is 365 g/mol. The highest BCUT2D eigenvalue weighted by Crippen LogP contribution is 2.32. The van der Waals surface area contributed by atoms with Gasteiger partial charge >= 0.3 is 0 Å². The fraction of sp³-hybridized carbons (Fsp3) is 0.350. The first kappa shape index (κ1) is 17.5. The van der Waals surface area contributed by atoms with Gasteiger partial charge < -0.3 is 19.9 Å². The first-order chi connectivity index (χ1) is 13.1. The molecular formula is C20H23N5O2. The maximum absolute atomic E-state index is 12.2. The van der Waals surface area contributed by atoms with Crippen molar-refractivity contribution in [2.24, 2.45) is 0 Å². The van der Waals surface area contributed by atoms with Gasteiger partial charge in [-0.05, 0) is 30.2 Å².